The van der Waals surface area contributed by atoms with E-state index < -0.39 is 0 Å². The molecule has 1 atom stereocenters. The number of benzene rings is 1. The number of carbonyl (C=O) groups excluding carboxylic acids is 1. The molecule has 0 fully saturated rings. The summed E-state index contributed by atoms with van der Waals surface area (Å²) < 4.78 is 9.14. The number of methoxy groups -OCH3 is 1. The van der Waals surface area contributed by atoms with Crippen LogP contribution in [0.5, 0.6) is 0 Å². The molecule has 28 heavy (non-hydrogen) atoms. The normalized spacial score (nSPS) is 16.3. The summed E-state index contributed by atoms with van der Waals surface area (Å²) in [6.07, 6.45) is 0. The highest BCUT2D eigenvalue weighted by Gasteiger charge is 2.29. The van der Waals surface area contributed by atoms with Crippen molar-refractivity contribution in [2.75, 3.05) is 13.7 Å². The first-order valence-corrected chi connectivity index (χ1v) is 9.32. The van der Waals surface area contributed by atoms with E-state index in [1.807, 2.05) is 53.8 Å². The Hall–Kier alpha value is -3.00. The number of carbonyl (C=O) groups is 1. The van der Waals surface area contributed by atoms with Gasteiger partial charge in [-0.1, -0.05) is 0 Å². The first-order chi connectivity index (χ1) is 13.5. The van der Waals surface area contributed by atoms with Crippen molar-refractivity contribution in [3.8, 4) is 5.69 Å². The molecule has 4 rings (SSSR count). The van der Waals surface area contributed by atoms with Crippen LogP contribution in [0.2, 0.25) is 0 Å². The lowest BCUT2D eigenvalue weighted by atomic mass is 10.1. The molecule has 1 aromatic carbocycles. The predicted molar refractivity (Wildman–Crippen MR) is 103 cm³/mol. The van der Waals surface area contributed by atoms with E-state index in [9.17, 15) is 4.79 Å². The Morgan fingerprint density at radius 2 is 1.96 bits per heavy atom. The van der Waals surface area contributed by atoms with Gasteiger partial charge in [-0.3, -0.25) is 4.79 Å². The topological polar surface area (TPSA) is 78.1 Å². The molecule has 0 bridgehead atoms. The first kappa shape index (κ1) is 18.4. The van der Waals surface area contributed by atoms with Crippen molar-refractivity contribution in [2.24, 2.45) is 0 Å². The summed E-state index contributed by atoms with van der Waals surface area (Å²) in [7, 11) is 1.64. The molecular formula is C20H24N6O2. The van der Waals surface area contributed by atoms with Crippen molar-refractivity contribution in [1.29, 1.82) is 0 Å². The number of hydrogen-bond acceptors (Lipinski definition) is 5. The molecule has 0 unspecified atom stereocenters. The van der Waals surface area contributed by atoms with Crippen molar-refractivity contribution in [2.45, 2.75) is 40.0 Å². The van der Waals surface area contributed by atoms with Gasteiger partial charge in [-0.25, -0.2) is 4.68 Å². The maximum absolute atomic E-state index is 13.0. The molecule has 1 amide bonds. The Morgan fingerprint density at radius 3 is 2.61 bits per heavy atom. The van der Waals surface area contributed by atoms with Gasteiger partial charge in [0.15, 0.2) is 11.6 Å². The summed E-state index contributed by atoms with van der Waals surface area (Å²) in [6.45, 7) is 7.52. The third-order valence-corrected chi connectivity index (χ3v) is 5.02. The lowest BCUT2D eigenvalue weighted by molar-refractivity contribution is 0.0675. The molecule has 0 saturated heterocycles. The van der Waals surface area contributed by atoms with Crippen molar-refractivity contribution >= 4 is 5.91 Å². The largest absolute Gasteiger partial charge is 0.377 e. The van der Waals surface area contributed by atoms with E-state index in [4.69, 9.17) is 4.74 Å². The highest BCUT2D eigenvalue weighted by atomic mass is 16.5. The molecule has 0 N–H and O–H groups in total. The van der Waals surface area contributed by atoms with Gasteiger partial charge in [0, 0.05) is 24.9 Å². The van der Waals surface area contributed by atoms with E-state index >= 15 is 0 Å². The SMILES string of the molecule is COCc1nnc2n1[C@@H](C)CN(C(=O)c1ccc(-n3nc(C)cc3C)cc1)C2. The standard InChI is InChI=1S/C20H24N6O2/c1-13-9-14(2)26(23-13)17-7-5-16(6-8-17)20(27)24-10-15(3)25-18(11-24)21-22-19(25)12-28-4/h5-9,15H,10-12H2,1-4H3/t15-/m0/s1. The molecule has 1 aliphatic rings. The van der Waals surface area contributed by atoms with Crippen LogP contribution in [-0.4, -0.2) is 49.0 Å². The number of rotatable bonds is 4. The third-order valence-electron chi connectivity index (χ3n) is 5.02. The predicted octanol–water partition coefficient (Wildman–Crippen LogP) is 2.44. The monoisotopic (exact) mass is 380 g/mol. The van der Waals surface area contributed by atoms with E-state index in [0.717, 1.165) is 28.7 Å². The lowest BCUT2D eigenvalue weighted by Crippen LogP contribution is -2.40. The van der Waals surface area contributed by atoms with Gasteiger partial charge in [0.25, 0.3) is 5.91 Å². The summed E-state index contributed by atoms with van der Waals surface area (Å²) in [5.41, 5.74) is 3.63. The Bertz CT molecular complexity index is 1000. The van der Waals surface area contributed by atoms with Crippen LogP contribution in [0, 0.1) is 13.8 Å². The number of fused-ring (bicyclic) bond motifs is 1. The Morgan fingerprint density at radius 1 is 1.21 bits per heavy atom. The smallest absolute Gasteiger partial charge is 0.254 e. The Balaban J connectivity index is 1.54. The van der Waals surface area contributed by atoms with E-state index in [-0.39, 0.29) is 11.9 Å². The highest BCUT2D eigenvalue weighted by Crippen LogP contribution is 2.23. The van der Waals surface area contributed by atoms with Gasteiger partial charge in [-0.15, -0.1) is 10.2 Å². The lowest BCUT2D eigenvalue weighted by Gasteiger charge is -2.32. The molecule has 0 radical (unpaired) electrons. The van der Waals surface area contributed by atoms with Crippen LogP contribution >= 0.6 is 0 Å². The maximum Gasteiger partial charge on any atom is 0.254 e. The minimum absolute atomic E-state index is 0.00527. The van der Waals surface area contributed by atoms with Gasteiger partial charge in [-0.05, 0) is 51.1 Å². The second kappa shape index (κ2) is 7.20. The number of aromatic nitrogens is 5. The zero-order valence-corrected chi connectivity index (χ0v) is 16.6. The van der Waals surface area contributed by atoms with Gasteiger partial charge in [-0.2, -0.15) is 5.10 Å². The van der Waals surface area contributed by atoms with E-state index in [1.165, 1.54) is 0 Å². The molecule has 3 heterocycles. The average molecular weight is 380 g/mol. The molecular weight excluding hydrogens is 356 g/mol. The van der Waals surface area contributed by atoms with Crippen molar-refractivity contribution in [3.63, 3.8) is 0 Å². The highest BCUT2D eigenvalue weighted by molar-refractivity contribution is 5.94. The van der Waals surface area contributed by atoms with Crippen molar-refractivity contribution in [3.05, 3.63) is 58.9 Å². The van der Waals surface area contributed by atoms with Crippen LogP contribution in [0.3, 0.4) is 0 Å². The van der Waals surface area contributed by atoms with E-state index in [1.54, 1.807) is 7.11 Å². The number of amides is 1. The molecule has 146 valence electrons. The maximum atomic E-state index is 13.0. The van der Waals surface area contributed by atoms with E-state index in [0.29, 0.717) is 25.3 Å². The molecule has 0 spiro atoms. The minimum atomic E-state index is -0.00527. The van der Waals surface area contributed by atoms with Gasteiger partial charge in [0.1, 0.15) is 6.61 Å². The fourth-order valence-corrected chi connectivity index (χ4v) is 3.81. The fourth-order valence-electron chi connectivity index (χ4n) is 3.81. The summed E-state index contributed by atoms with van der Waals surface area (Å²) in [5.74, 6) is 1.58. The molecule has 8 nitrogen and oxygen atoms in total. The minimum Gasteiger partial charge on any atom is -0.377 e. The second-order valence-corrected chi connectivity index (χ2v) is 7.26. The number of aryl methyl sites for hydroxylation is 2. The van der Waals surface area contributed by atoms with Crippen LogP contribution in [0.25, 0.3) is 5.69 Å². The van der Waals surface area contributed by atoms with Crippen LogP contribution < -0.4 is 0 Å². The summed E-state index contributed by atoms with van der Waals surface area (Å²) in [6, 6.07) is 9.70. The number of hydrogen-bond donors (Lipinski definition) is 0. The van der Waals surface area contributed by atoms with E-state index in [2.05, 4.69) is 26.8 Å². The quantitative estimate of drug-likeness (QED) is 0.695. The van der Waals surface area contributed by atoms with Crippen molar-refractivity contribution in [1.82, 2.24) is 29.4 Å². The van der Waals surface area contributed by atoms with Gasteiger partial charge < -0.3 is 14.2 Å². The molecule has 2 aromatic heterocycles. The summed E-state index contributed by atoms with van der Waals surface area (Å²) >= 11 is 0. The Labute approximate surface area is 163 Å². The molecule has 3 aromatic rings. The zero-order chi connectivity index (χ0) is 19.8. The van der Waals surface area contributed by atoms with Crippen molar-refractivity contribution < 1.29 is 9.53 Å². The van der Waals surface area contributed by atoms with Crippen LogP contribution in [0.1, 0.15) is 46.4 Å². The second-order valence-electron chi connectivity index (χ2n) is 7.26. The summed E-state index contributed by atoms with van der Waals surface area (Å²) in [4.78, 5) is 14.9. The van der Waals surface area contributed by atoms with Crippen LogP contribution in [0.15, 0.2) is 30.3 Å². The van der Waals surface area contributed by atoms with Crippen LogP contribution in [0.4, 0.5) is 0 Å². The number of ether oxygens (including phenoxy) is 1. The fraction of sp³-hybridized carbons (Fsp3) is 0.400. The van der Waals surface area contributed by atoms with Gasteiger partial charge in [0.2, 0.25) is 0 Å². The zero-order valence-electron chi connectivity index (χ0n) is 16.6. The molecule has 8 heteroatoms. The number of nitrogens with zero attached hydrogens (tertiary/aromatic N) is 6. The van der Waals surface area contributed by atoms with Gasteiger partial charge in [0.05, 0.1) is 24.0 Å². The first-order valence-electron chi connectivity index (χ1n) is 9.32. The molecule has 0 saturated carbocycles. The average Bonchev–Trinajstić information content (AvgIpc) is 3.24. The third kappa shape index (κ3) is 3.20. The molecule has 0 aliphatic carbocycles. The van der Waals surface area contributed by atoms with Gasteiger partial charge >= 0.3 is 0 Å². The van der Waals surface area contributed by atoms with Crippen LogP contribution in [-0.2, 0) is 17.9 Å². The molecule has 1 aliphatic heterocycles. The summed E-state index contributed by atoms with van der Waals surface area (Å²) in [5, 5.41) is 12.9. The Kier molecular flexibility index (Phi) is 4.72.